The van der Waals surface area contributed by atoms with Crippen LogP contribution in [-0.2, 0) is 19.6 Å². The number of sulfonamides is 1. The molecule has 0 fully saturated rings. The molecule has 0 bridgehead atoms. The Bertz CT molecular complexity index is 1020. The van der Waals surface area contributed by atoms with Gasteiger partial charge in [-0.3, -0.25) is 19.7 Å². The average molecular weight is 457 g/mol. The fraction of sp³-hybridized carbons (Fsp3) is 0.312. The number of hydrogen-bond donors (Lipinski definition) is 3. The summed E-state index contributed by atoms with van der Waals surface area (Å²) in [6.45, 7) is 1.59. The Hall–Kier alpha value is -2.97. The number of anilines is 1. The molecule has 1 aromatic heterocycles. The van der Waals surface area contributed by atoms with Crippen molar-refractivity contribution in [1.29, 1.82) is 0 Å². The molecule has 0 atom stereocenters. The van der Waals surface area contributed by atoms with Crippen molar-refractivity contribution in [3.05, 3.63) is 46.2 Å². The van der Waals surface area contributed by atoms with Gasteiger partial charge in [-0.25, -0.2) is 13.1 Å². The van der Waals surface area contributed by atoms with E-state index in [1.807, 2.05) is 0 Å². The van der Waals surface area contributed by atoms with Crippen molar-refractivity contribution in [2.24, 2.45) is 0 Å². The maximum absolute atomic E-state index is 12.1. The number of amides is 2. The van der Waals surface area contributed by atoms with E-state index in [0.29, 0.717) is 11.6 Å². The van der Waals surface area contributed by atoms with Crippen LogP contribution in [0.25, 0.3) is 0 Å². The summed E-state index contributed by atoms with van der Waals surface area (Å²) < 4.78 is 31.4. The number of non-ortho nitro benzene ring substituents is 1. The quantitative estimate of drug-likeness (QED) is 0.249. The van der Waals surface area contributed by atoms with Gasteiger partial charge in [-0.05, 0) is 13.0 Å². The van der Waals surface area contributed by atoms with E-state index in [1.165, 1.54) is 18.2 Å². The van der Waals surface area contributed by atoms with Crippen molar-refractivity contribution in [2.45, 2.75) is 11.8 Å². The number of nitro benzene ring substituents is 1. The van der Waals surface area contributed by atoms with Crippen LogP contribution in [0.5, 0.6) is 0 Å². The Kier molecular flexibility index (Phi) is 8.32. The number of aromatic nitrogens is 1. The third kappa shape index (κ3) is 7.46. The molecule has 14 heteroatoms. The van der Waals surface area contributed by atoms with Crippen LogP contribution in [0.2, 0.25) is 0 Å². The van der Waals surface area contributed by atoms with Crippen molar-refractivity contribution >= 4 is 45.1 Å². The predicted octanol–water partition coefficient (Wildman–Crippen LogP) is 0.658. The minimum atomic E-state index is -3.95. The van der Waals surface area contributed by atoms with Crippen LogP contribution in [0.3, 0.4) is 0 Å². The molecule has 0 aliphatic carbocycles. The molecule has 3 N–H and O–H groups in total. The van der Waals surface area contributed by atoms with Crippen LogP contribution in [0.4, 0.5) is 11.5 Å². The molecule has 0 saturated heterocycles. The van der Waals surface area contributed by atoms with E-state index in [9.17, 15) is 28.1 Å². The first-order valence-electron chi connectivity index (χ1n) is 8.49. The maximum Gasteiger partial charge on any atom is 0.270 e. The number of hydrogen-bond acceptors (Lipinski definition) is 9. The van der Waals surface area contributed by atoms with Gasteiger partial charge in [-0.15, -0.1) is 11.8 Å². The van der Waals surface area contributed by atoms with Gasteiger partial charge in [-0.1, -0.05) is 11.2 Å². The zero-order chi connectivity index (χ0) is 22.1. The molecule has 12 nitrogen and oxygen atoms in total. The topological polar surface area (TPSA) is 174 Å². The predicted molar refractivity (Wildman–Crippen MR) is 108 cm³/mol. The lowest BCUT2D eigenvalue weighted by Crippen LogP contribution is -2.35. The summed E-state index contributed by atoms with van der Waals surface area (Å²) in [6.07, 6.45) is 0. The van der Waals surface area contributed by atoms with Gasteiger partial charge in [-0.2, -0.15) is 0 Å². The third-order valence-electron chi connectivity index (χ3n) is 3.44. The number of nitro groups is 1. The summed E-state index contributed by atoms with van der Waals surface area (Å²) in [5.74, 6) is 0.157. The highest BCUT2D eigenvalue weighted by Gasteiger charge is 2.17. The summed E-state index contributed by atoms with van der Waals surface area (Å²) in [4.78, 5) is 33.3. The first kappa shape index (κ1) is 23.3. The van der Waals surface area contributed by atoms with E-state index in [1.54, 1.807) is 13.0 Å². The normalized spacial score (nSPS) is 11.1. The van der Waals surface area contributed by atoms with Crippen molar-refractivity contribution < 1.29 is 27.5 Å². The zero-order valence-electron chi connectivity index (χ0n) is 15.8. The fourth-order valence-corrected chi connectivity index (χ4v) is 3.84. The number of carbonyl (C=O) groups excluding carboxylic acids is 2. The molecule has 162 valence electrons. The summed E-state index contributed by atoms with van der Waals surface area (Å²) in [5, 5.41) is 19.4. The van der Waals surface area contributed by atoms with E-state index in [4.69, 9.17) is 4.52 Å². The maximum atomic E-state index is 12.1. The van der Waals surface area contributed by atoms with Crippen molar-refractivity contribution in [1.82, 2.24) is 15.2 Å². The summed E-state index contributed by atoms with van der Waals surface area (Å²) in [5.41, 5.74) is -0.342. The number of nitrogens with zero attached hydrogens (tertiary/aromatic N) is 2. The molecule has 2 rings (SSSR count). The smallest absolute Gasteiger partial charge is 0.270 e. The van der Waals surface area contributed by atoms with Gasteiger partial charge in [0.15, 0.2) is 5.82 Å². The number of aryl methyl sites for hydroxylation is 1. The first-order chi connectivity index (χ1) is 14.2. The fourth-order valence-electron chi connectivity index (χ4n) is 2.13. The second-order valence-corrected chi connectivity index (χ2v) is 8.62. The van der Waals surface area contributed by atoms with Gasteiger partial charge < -0.3 is 15.2 Å². The standard InChI is InChI=1S/C16H19N5O7S2/c1-11-7-14(20-28-11)19-16(23)10-29-9-15(22)17-5-6-18-30(26,27)13-4-2-3-12(8-13)21(24)25/h2-4,7-8,18H,5-6,9-10H2,1H3,(H,17,22)(H,19,20,23). The minimum absolute atomic E-state index is 0.00287. The average Bonchev–Trinajstić information content (AvgIpc) is 3.10. The molecule has 0 aliphatic heterocycles. The van der Waals surface area contributed by atoms with Crippen molar-refractivity contribution in [3.63, 3.8) is 0 Å². The summed E-state index contributed by atoms with van der Waals surface area (Å²) >= 11 is 1.08. The number of thioether (sulfide) groups is 1. The second kappa shape index (κ2) is 10.7. The van der Waals surface area contributed by atoms with Crippen LogP contribution in [0.15, 0.2) is 39.8 Å². The lowest BCUT2D eigenvalue weighted by molar-refractivity contribution is -0.385. The Morgan fingerprint density at radius 2 is 1.93 bits per heavy atom. The SMILES string of the molecule is Cc1cc(NC(=O)CSCC(=O)NCCNS(=O)(=O)c2cccc([N+](=O)[O-])c2)no1. The summed E-state index contributed by atoms with van der Waals surface area (Å²) in [6, 6.07) is 6.19. The van der Waals surface area contributed by atoms with Gasteiger partial charge in [0, 0.05) is 31.3 Å². The van der Waals surface area contributed by atoms with Crippen LogP contribution in [0, 0.1) is 17.0 Å². The molecule has 2 aromatic rings. The molecule has 0 unspecified atom stereocenters. The van der Waals surface area contributed by atoms with Crippen LogP contribution in [0.1, 0.15) is 5.76 Å². The molecule has 0 spiro atoms. The Morgan fingerprint density at radius 3 is 2.60 bits per heavy atom. The van der Waals surface area contributed by atoms with E-state index in [0.717, 1.165) is 17.8 Å². The molecule has 0 aliphatic rings. The minimum Gasteiger partial charge on any atom is -0.360 e. The van der Waals surface area contributed by atoms with Gasteiger partial charge in [0.2, 0.25) is 21.8 Å². The van der Waals surface area contributed by atoms with Crippen molar-refractivity contribution in [2.75, 3.05) is 29.9 Å². The van der Waals surface area contributed by atoms with E-state index < -0.39 is 14.9 Å². The van der Waals surface area contributed by atoms with Gasteiger partial charge in [0.25, 0.3) is 5.69 Å². The van der Waals surface area contributed by atoms with Gasteiger partial charge in [0.05, 0.1) is 21.3 Å². The molecule has 0 radical (unpaired) electrons. The van der Waals surface area contributed by atoms with E-state index in [2.05, 4.69) is 20.5 Å². The molecule has 30 heavy (non-hydrogen) atoms. The van der Waals surface area contributed by atoms with Crippen LogP contribution in [-0.4, -0.2) is 54.9 Å². The molecular formula is C16H19N5O7S2. The molecular weight excluding hydrogens is 438 g/mol. The van der Waals surface area contributed by atoms with Gasteiger partial charge in [0.1, 0.15) is 5.76 Å². The van der Waals surface area contributed by atoms with Crippen LogP contribution >= 0.6 is 11.8 Å². The molecule has 1 aromatic carbocycles. The monoisotopic (exact) mass is 457 g/mol. The highest BCUT2D eigenvalue weighted by Crippen LogP contribution is 2.16. The Labute approximate surface area is 176 Å². The lowest BCUT2D eigenvalue weighted by atomic mass is 10.3. The second-order valence-electron chi connectivity index (χ2n) is 5.87. The molecule has 1 heterocycles. The zero-order valence-corrected chi connectivity index (χ0v) is 17.4. The first-order valence-corrected chi connectivity index (χ1v) is 11.1. The number of nitrogens with one attached hydrogen (secondary N) is 3. The Balaban J connectivity index is 1.66. The third-order valence-corrected chi connectivity index (χ3v) is 5.83. The van der Waals surface area contributed by atoms with Crippen LogP contribution < -0.4 is 15.4 Å². The largest absolute Gasteiger partial charge is 0.360 e. The van der Waals surface area contributed by atoms with Gasteiger partial charge >= 0.3 is 0 Å². The number of carbonyl (C=O) groups is 2. The highest BCUT2D eigenvalue weighted by atomic mass is 32.2. The van der Waals surface area contributed by atoms with E-state index >= 15 is 0 Å². The molecule has 0 saturated carbocycles. The highest BCUT2D eigenvalue weighted by molar-refractivity contribution is 8.00. The Morgan fingerprint density at radius 1 is 1.20 bits per heavy atom. The number of benzene rings is 1. The van der Waals surface area contributed by atoms with E-state index in [-0.39, 0.29) is 47.0 Å². The molecule has 2 amide bonds. The van der Waals surface area contributed by atoms with Crippen molar-refractivity contribution in [3.8, 4) is 0 Å². The summed E-state index contributed by atoms with van der Waals surface area (Å²) in [7, 11) is -3.95. The number of rotatable bonds is 11. The lowest BCUT2D eigenvalue weighted by Gasteiger charge is -2.08.